The molecule has 2 aliphatic rings. The Morgan fingerprint density at radius 1 is 1.43 bits per heavy atom. The van der Waals surface area contributed by atoms with E-state index in [0.29, 0.717) is 5.56 Å². The van der Waals surface area contributed by atoms with Crippen molar-refractivity contribution in [2.24, 2.45) is 5.92 Å². The Bertz CT molecular complexity index is 676. The van der Waals surface area contributed by atoms with Crippen molar-refractivity contribution in [3.8, 4) is 5.75 Å². The van der Waals surface area contributed by atoms with Crippen LogP contribution in [0, 0.1) is 12.8 Å². The second kappa shape index (κ2) is 5.26. The number of rotatable bonds is 4. The molecule has 0 spiro atoms. The lowest BCUT2D eigenvalue weighted by molar-refractivity contribution is -0.335. The van der Waals surface area contributed by atoms with Crippen LogP contribution in [0.4, 0.5) is 13.2 Å². The zero-order chi connectivity index (χ0) is 16.8. The monoisotopic (exact) mass is 328 g/mol. The van der Waals surface area contributed by atoms with Crippen molar-refractivity contribution in [2.45, 2.75) is 31.7 Å². The number of alkyl halides is 3. The van der Waals surface area contributed by atoms with E-state index in [4.69, 9.17) is 9.47 Å². The summed E-state index contributed by atoms with van der Waals surface area (Å²) in [5.74, 6) is -4.98. The van der Waals surface area contributed by atoms with Crippen molar-refractivity contribution in [1.29, 1.82) is 0 Å². The molecule has 1 saturated carbocycles. The average molecular weight is 328 g/mol. The Hall–Kier alpha value is -2.02. The van der Waals surface area contributed by atoms with Gasteiger partial charge in [0.2, 0.25) is 0 Å². The first-order chi connectivity index (χ1) is 10.7. The number of carboxylic acids is 1. The number of benzene rings is 1. The van der Waals surface area contributed by atoms with Gasteiger partial charge in [-0.3, -0.25) is 0 Å². The van der Waals surface area contributed by atoms with E-state index in [1.54, 1.807) is 19.1 Å². The summed E-state index contributed by atoms with van der Waals surface area (Å²) in [5, 5.41) is 9.28. The third-order valence-corrected chi connectivity index (χ3v) is 3.97. The van der Waals surface area contributed by atoms with Crippen LogP contribution in [0.3, 0.4) is 0 Å². The topological polar surface area (TPSA) is 55.8 Å². The molecule has 1 atom stereocenters. The third-order valence-electron chi connectivity index (χ3n) is 3.97. The van der Waals surface area contributed by atoms with Crippen LogP contribution >= 0.6 is 0 Å². The van der Waals surface area contributed by atoms with Gasteiger partial charge in [-0.25, -0.2) is 4.79 Å². The molecule has 0 bridgehead atoms. The van der Waals surface area contributed by atoms with Crippen LogP contribution in [-0.2, 0) is 9.53 Å². The number of carboxylic acid groups (broad SMARTS) is 1. The predicted octanol–water partition coefficient (Wildman–Crippen LogP) is 3.54. The van der Waals surface area contributed by atoms with Crippen molar-refractivity contribution >= 4 is 12.0 Å². The van der Waals surface area contributed by atoms with Gasteiger partial charge < -0.3 is 14.6 Å². The highest BCUT2D eigenvalue weighted by Gasteiger charge is 2.65. The van der Waals surface area contributed by atoms with Crippen molar-refractivity contribution in [2.75, 3.05) is 6.61 Å². The smallest absolute Gasteiger partial charge is 0.460 e. The van der Waals surface area contributed by atoms with Gasteiger partial charge in [0.25, 0.3) is 0 Å². The quantitative estimate of drug-likeness (QED) is 0.918. The van der Waals surface area contributed by atoms with Gasteiger partial charge in [0.1, 0.15) is 11.3 Å². The van der Waals surface area contributed by atoms with E-state index in [-0.39, 0.29) is 23.8 Å². The summed E-state index contributed by atoms with van der Waals surface area (Å²) in [6.07, 6.45) is -2.49. The van der Waals surface area contributed by atoms with Gasteiger partial charge in [-0.2, -0.15) is 13.2 Å². The number of hydrogen-bond acceptors (Lipinski definition) is 3. The molecule has 0 aromatic heterocycles. The summed E-state index contributed by atoms with van der Waals surface area (Å²) >= 11 is 0. The molecule has 0 radical (unpaired) electrons. The van der Waals surface area contributed by atoms with E-state index in [2.05, 4.69) is 0 Å². The predicted molar refractivity (Wildman–Crippen MR) is 74.9 cm³/mol. The Morgan fingerprint density at radius 3 is 2.70 bits per heavy atom. The highest BCUT2D eigenvalue weighted by molar-refractivity contribution is 5.96. The lowest BCUT2D eigenvalue weighted by Crippen LogP contribution is -2.57. The Labute approximate surface area is 130 Å². The number of halogens is 3. The molecule has 4 nitrogen and oxygen atoms in total. The molecule has 3 rings (SSSR count). The molecular weight excluding hydrogens is 313 g/mol. The van der Waals surface area contributed by atoms with E-state index in [9.17, 15) is 23.1 Å². The lowest BCUT2D eigenvalue weighted by Gasteiger charge is -2.39. The highest BCUT2D eigenvalue weighted by Crippen LogP contribution is 2.48. The molecule has 124 valence electrons. The molecule has 7 heteroatoms. The maximum Gasteiger partial charge on any atom is 0.460 e. The first-order valence-corrected chi connectivity index (χ1v) is 7.19. The van der Waals surface area contributed by atoms with Crippen molar-refractivity contribution in [3.63, 3.8) is 0 Å². The van der Waals surface area contributed by atoms with Gasteiger partial charge in [0, 0.05) is 5.56 Å². The molecule has 1 aliphatic carbocycles. The molecule has 1 aliphatic heterocycles. The van der Waals surface area contributed by atoms with Gasteiger partial charge in [0.05, 0.1) is 6.61 Å². The standard InChI is InChI=1S/C16H15F3O4/c1-9-3-2-4-11-7-12(14(20)21)15(16(17,18)19,23-13(9)11)22-8-10-5-6-10/h2-4,7,10H,5-6,8H2,1H3,(H,20,21). The fourth-order valence-electron chi connectivity index (χ4n) is 2.50. The number of aryl methyl sites for hydroxylation is 1. The van der Waals surface area contributed by atoms with E-state index < -0.39 is 23.5 Å². The first kappa shape index (κ1) is 15.9. The van der Waals surface area contributed by atoms with E-state index in [1.165, 1.54) is 6.07 Å². The van der Waals surface area contributed by atoms with Gasteiger partial charge in [-0.15, -0.1) is 0 Å². The molecule has 1 aromatic rings. The van der Waals surface area contributed by atoms with Crippen molar-refractivity contribution < 1.29 is 32.5 Å². The van der Waals surface area contributed by atoms with Crippen LogP contribution in [0.5, 0.6) is 5.75 Å². The number of aliphatic carboxylic acids is 1. The summed E-state index contributed by atoms with van der Waals surface area (Å²) in [6, 6.07) is 4.73. The Balaban J connectivity index is 2.12. The van der Waals surface area contributed by atoms with Crippen LogP contribution in [0.15, 0.2) is 23.8 Å². The van der Waals surface area contributed by atoms with Crippen LogP contribution in [0.2, 0.25) is 0 Å². The van der Waals surface area contributed by atoms with Gasteiger partial charge in [-0.05, 0) is 37.3 Å². The van der Waals surface area contributed by atoms with Crippen LogP contribution < -0.4 is 4.74 Å². The van der Waals surface area contributed by atoms with Crippen LogP contribution in [-0.4, -0.2) is 29.6 Å². The molecule has 1 N–H and O–H groups in total. The van der Waals surface area contributed by atoms with E-state index in [0.717, 1.165) is 18.9 Å². The number of hydrogen-bond donors (Lipinski definition) is 1. The maximum atomic E-state index is 13.7. The number of para-hydroxylation sites is 1. The third kappa shape index (κ3) is 2.69. The summed E-state index contributed by atoms with van der Waals surface area (Å²) in [4.78, 5) is 11.4. The molecule has 23 heavy (non-hydrogen) atoms. The second-order valence-corrected chi connectivity index (χ2v) is 5.83. The number of fused-ring (bicyclic) bond motifs is 1. The molecule has 1 unspecified atom stereocenters. The zero-order valence-corrected chi connectivity index (χ0v) is 12.3. The van der Waals surface area contributed by atoms with Crippen LogP contribution in [0.1, 0.15) is 24.0 Å². The largest absolute Gasteiger partial charge is 0.478 e. The second-order valence-electron chi connectivity index (χ2n) is 5.83. The molecule has 1 heterocycles. The van der Waals surface area contributed by atoms with Crippen molar-refractivity contribution in [3.05, 3.63) is 34.9 Å². The summed E-state index contributed by atoms with van der Waals surface area (Å²) in [7, 11) is 0. The number of carbonyl (C=O) groups is 1. The lowest BCUT2D eigenvalue weighted by atomic mass is 9.96. The molecule has 0 saturated heterocycles. The maximum absolute atomic E-state index is 13.7. The summed E-state index contributed by atoms with van der Waals surface area (Å²) in [5.41, 5.74) is -0.187. The fourth-order valence-corrected chi connectivity index (χ4v) is 2.50. The number of ether oxygens (including phenoxy) is 2. The minimum absolute atomic E-state index is 0.00868. The minimum Gasteiger partial charge on any atom is -0.478 e. The Morgan fingerprint density at radius 2 is 2.13 bits per heavy atom. The Kier molecular flexibility index (Phi) is 3.63. The van der Waals surface area contributed by atoms with Crippen LogP contribution in [0.25, 0.3) is 6.08 Å². The SMILES string of the molecule is Cc1cccc2c1OC(OCC1CC1)(C(F)(F)F)C(C(=O)O)=C2. The van der Waals surface area contributed by atoms with Crippen molar-refractivity contribution in [1.82, 2.24) is 0 Å². The summed E-state index contributed by atoms with van der Waals surface area (Å²) in [6.45, 7) is 1.41. The highest BCUT2D eigenvalue weighted by atomic mass is 19.4. The van der Waals surface area contributed by atoms with Gasteiger partial charge >= 0.3 is 17.9 Å². The molecule has 1 aromatic carbocycles. The average Bonchev–Trinajstić information content (AvgIpc) is 3.27. The van der Waals surface area contributed by atoms with Gasteiger partial charge in [-0.1, -0.05) is 18.2 Å². The molecule has 0 amide bonds. The molecular formula is C16H15F3O4. The normalized spacial score (nSPS) is 23.7. The summed E-state index contributed by atoms with van der Waals surface area (Å²) < 4.78 is 51.5. The molecule has 1 fully saturated rings. The minimum atomic E-state index is -5.02. The zero-order valence-electron chi connectivity index (χ0n) is 12.3. The van der Waals surface area contributed by atoms with E-state index in [1.807, 2.05) is 0 Å². The van der Waals surface area contributed by atoms with Gasteiger partial charge in [0.15, 0.2) is 0 Å². The fraction of sp³-hybridized carbons (Fsp3) is 0.438. The van der Waals surface area contributed by atoms with E-state index >= 15 is 0 Å². The first-order valence-electron chi connectivity index (χ1n) is 7.19.